The summed E-state index contributed by atoms with van der Waals surface area (Å²) in [7, 11) is 1.32. The Labute approximate surface area is 113 Å². The van der Waals surface area contributed by atoms with Gasteiger partial charge in [-0.2, -0.15) is 0 Å². The summed E-state index contributed by atoms with van der Waals surface area (Å²) in [6, 6.07) is 7.68. The van der Waals surface area contributed by atoms with Gasteiger partial charge in [0, 0.05) is 6.54 Å². The normalized spacial score (nSPS) is 26.0. The molecule has 102 valence electrons. The SMILES string of the molecule is CCN1C(=O)[C@](C)(C(=O)OC)[C@@H]1c1ccc(C)cc1. The van der Waals surface area contributed by atoms with Gasteiger partial charge in [0.15, 0.2) is 5.41 Å². The molecule has 4 heteroatoms. The second-order valence-corrected chi connectivity index (χ2v) is 5.10. The van der Waals surface area contributed by atoms with Crippen molar-refractivity contribution in [3.8, 4) is 0 Å². The summed E-state index contributed by atoms with van der Waals surface area (Å²) >= 11 is 0. The molecule has 1 amide bonds. The lowest BCUT2D eigenvalue weighted by Gasteiger charge is -2.52. The molecule has 1 heterocycles. The second-order valence-electron chi connectivity index (χ2n) is 5.10. The fourth-order valence-electron chi connectivity index (χ4n) is 2.78. The van der Waals surface area contributed by atoms with E-state index in [4.69, 9.17) is 4.74 Å². The Morgan fingerprint density at radius 3 is 2.42 bits per heavy atom. The third-order valence-electron chi connectivity index (χ3n) is 3.91. The molecule has 0 bridgehead atoms. The Kier molecular flexibility index (Phi) is 3.35. The lowest BCUT2D eigenvalue weighted by molar-refractivity contribution is -0.187. The van der Waals surface area contributed by atoms with E-state index >= 15 is 0 Å². The zero-order chi connectivity index (χ0) is 14.2. The molecule has 0 aromatic heterocycles. The van der Waals surface area contributed by atoms with Gasteiger partial charge < -0.3 is 9.64 Å². The predicted octanol–water partition coefficient (Wildman–Crippen LogP) is 2.08. The van der Waals surface area contributed by atoms with Crippen LogP contribution in [0.4, 0.5) is 0 Å². The standard InChI is InChI=1S/C15H19NO3/c1-5-16-12(11-8-6-10(2)7-9-11)15(3,13(16)17)14(18)19-4/h6-9,12H,5H2,1-4H3/t12-,15+/m0/s1. The van der Waals surface area contributed by atoms with E-state index in [9.17, 15) is 9.59 Å². The molecule has 1 aromatic rings. The number of benzene rings is 1. The minimum atomic E-state index is -1.10. The van der Waals surface area contributed by atoms with E-state index in [0.717, 1.165) is 11.1 Å². The molecule has 1 aliphatic heterocycles. The highest BCUT2D eigenvalue weighted by Gasteiger charge is 2.63. The minimum Gasteiger partial charge on any atom is -0.468 e. The largest absolute Gasteiger partial charge is 0.468 e. The third kappa shape index (κ3) is 1.82. The van der Waals surface area contributed by atoms with Crippen LogP contribution >= 0.6 is 0 Å². The van der Waals surface area contributed by atoms with Crippen LogP contribution in [-0.2, 0) is 14.3 Å². The van der Waals surface area contributed by atoms with Crippen molar-refractivity contribution in [2.24, 2.45) is 5.41 Å². The number of rotatable bonds is 3. The van der Waals surface area contributed by atoms with E-state index in [-0.39, 0.29) is 11.9 Å². The number of hydrogen-bond donors (Lipinski definition) is 0. The zero-order valence-corrected chi connectivity index (χ0v) is 11.8. The van der Waals surface area contributed by atoms with Gasteiger partial charge in [-0.3, -0.25) is 9.59 Å². The van der Waals surface area contributed by atoms with E-state index < -0.39 is 11.4 Å². The zero-order valence-electron chi connectivity index (χ0n) is 11.8. The number of hydrogen-bond acceptors (Lipinski definition) is 3. The molecule has 2 rings (SSSR count). The van der Waals surface area contributed by atoms with Crippen LogP contribution in [0.5, 0.6) is 0 Å². The first-order valence-corrected chi connectivity index (χ1v) is 6.42. The summed E-state index contributed by atoms with van der Waals surface area (Å²) in [6.45, 7) is 6.17. The maximum Gasteiger partial charge on any atom is 0.323 e. The first-order chi connectivity index (χ1) is 8.96. The molecule has 1 saturated heterocycles. The third-order valence-corrected chi connectivity index (χ3v) is 3.91. The fraction of sp³-hybridized carbons (Fsp3) is 0.467. The molecule has 19 heavy (non-hydrogen) atoms. The number of nitrogens with zero attached hydrogens (tertiary/aromatic N) is 1. The van der Waals surface area contributed by atoms with Crippen molar-refractivity contribution in [3.63, 3.8) is 0 Å². The van der Waals surface area contributed by atoms with Crippen LogP contribution in [0, 0.1) is 12.3 Å². The Morgan fingerprint density at radius 1 is 1.37 bits per heavy atom. The van der Waals surface area contributed by atoms with Gasteiger partial charge in [0.25, 0.3) is 0 Å². The number of aryl methyl sites for hydroxylation is 1. The molecule has 0 aliphatic carbocycles. The number of carbonyl (C=O) groups excluding carboxylic acids is 2. The molecule has 1 aromatic carbocycles. The van der Waals surface area contributed by atoms with Gasteiger partial charge >= 0.3 is 5.97 Å². The molecule has 0 spiro atoms. The summed E-state index contributed by atoms with van der Waals surface area (Å²) < 4.78 is 4.81. The van der Waals surface area contributed by atoms with Crippen molar-refractivity contribution in [2.45, 2.75) is 26.8 Å². The van der Waals surface area contributed by atoms with Crippen molar-refractivity contribution in [2.75, 3.05) is 13.7 Å². The van der Waals surface area contributed by atoms with E-state index in [1.54, 1.807) is 11.8 Å². The molecule has 1 aliphatic rings. The molecular formula is C15H19NO3. The van der Waals surface area contributed by atoms with E-state index in [1.807, 2.05) is 38.1 Å². The van der Waals surface area contributed by atoms with Gasteiger partial charge in [0.2, 0.25) is 5.91 Å². The van der Waals surface area contributed by atoms with Crippen LogP contribution in [0.1, 0.15) is 31.0 Å². The van der Waals surface area contributed by atoms with Crippen LogP contribution in [-0.4, -0.2) is 30.4 Å². The van der Waals surface area contributed by atoms with Crippen molar-refractivity contribution < 1.29 is 14.3 Å². The van der Waals surface area contributed by atoms with Gasteiger partial charge in [-0.25, -0.2) is 0 Å². The Bertz CT molecular complexity index is 509. The van der Waals surface area contributed by atoms with Crippen molar-refractivity contribution in [1.29, 1.82) is 0 Å². The summed E-state index contributed by atoms with van der Waals surface area (Å²) in [6.07, 6.45) is 0. The van der Waals surface area contributed by atoms with Gasteiger partial charge in [-0.05, 0) is 26.3 Å². The van der Waals surface area contributed by atoms with Crippen LogP contribution in [0.2, 0.25) is 0 Å². The molecular weight excluding hydrogens is 242 g/mol. The summed E-state index contributed by atoms with van der Waals surface area (Å²) in [5.74, 6) is -0.625. The van der Waals surface area contributed by atoms with Crippen molar-refractivity contribution in [1.82, 2.24) is 4.90 Å². The van der Waals surface area contributed by atoms with Gasteiger partial charge in [-0.1, -0.05) is 29.8 Å². The first-order valence-electron chi connectivity index (χ1n) is 6.42. The Morgan fingerprint density at radius 2 is 1.95 bits per heavy atom. The van der Waals surface area contributed by atoms with Crippen LogP contribution in [0.15, 0.2) is 24.3 Å². The molecule has 0 saturated carbocycles. The molecule has 2 atom stereocenters. The summed E-state index contributed by atoms with van der Waals surface area (Å²) in [5, 5.41) is 0. The molecule has 1 fully saturated rings. The van der Waals surface area contributed by atoms with Gasteiger partial charge in [0.1, 0.15) is 0 Å². The highest BCUT2D eigenvalue weighted by molar-refractivity contribution is 6.08. The predicted molar refractivity (Wildman–Crippen MR) is 71.4 cm³/mol. The first kappa shape index (κ1) is 13.6. The van der Waals surface area contributed by atoms with Crippen molar-refractivity contribution >= 4 is 11.9 Å². The quantitative estimate of drug-likeness (QED) is 0.475. The number of methoxy groups -OCH3 is 1. The summed E-state index contributed by atoms with van der Waals surface area (Å²) in [5.41, 5.74) is 1.03. The number of amides is 1. The smallest absolute Gasteiger partial charge is 0.323 e. The lowest BCUT2D eigenvalue weighted by atomic mass is 9.69. The minimum absolute atomic E-state index is 0.160. The second kappa shape index (κ2) is 4.68. The van der Waals surface area contributed by atoms with Gasteiger partial charge in [0.05, 0.1) is 13.2 Å². The molecule has 0 unspecified atom stereocenters. The monoisotopic (exact) mass is 261 g/mol. The number of esters is 1. The number of ether oxygens (including phenoxy) is 1. The molecule has 0 N–H and O–H groups in total. The van der Waals surface area contributed by atoms with E-state index in [0.29, 0.717) is 6.54 Å². The van der Waals surface area contributed by atoms with Crippen LogP contribution in [0.25, 0.3) is 0 Å². The van der Waals surface area contributed by atoms with Crippen molar-refractivity contribution in [3.05, 3.63) is 35.4 Å². The number of carbonyl (C=O) groups is 2. The van der Waals surface area contributed by atoms with E-state index in [2.05, 4.69) is 0 Å². The van der Waals surface area contributed by atoms with Crippen LogP contribution < -0.4 is 0 Å². The topological polar surface area (TPSA) is 46.6 Å². The fourth-order valence-corrected chi connectivity index (χ4v) is 2.78. The van der Waals surface area contributed by atoms with Crippen LogP contribution in [0.3, 0.4) is 0 Å². The number of β-lactam (4-membered cyclic amide) rings is 1. The van der Waals surface area contributed by atoms with E-state index in [1.165, 1.54) is 7.11 Å². The Hall–Kier alpha value is -1.84. The van der Waals surface area contributed by atoms with Gasteiger partial charge in [-0.15, -0.1) is 0 Å². The average Bonchev–Trinajstić information content (AvgIpc) is 2.43. The maximum atomic E-state index is 12.2. The lowest BCUT2D eigenvalue weighted by Crippen LogP contribution is -2.65. The molecule has 4 nitrogen and oxygen atoms in total. The highest BCUT2D eigenvalue weighted by Crippen LogP contribution is 2.50. The molecule has 0 radical (unpaired) electrons. The Balaban J connectivity index is 2.42. The highest BCUT2D eigenvalue weighted by atomic mass is 16.5. The maximum absolute atomic E-state index is 12.2. The average molecular weight is 261 g/mol. The summed E-state index contributed by atoms with van der Waals surface area (Å²) in [4.78, 5) is 25.9. The number of likely N-dealkylation sites (tertiary alicyclic amines) is 1.